The molecule has 2 aromatic carbocycles. The van der Waals surface area contributed by atoms with Gasteiger partial charge in [0.1, 0.15) is 24.7 Å². The van der Waals surface area contributed by atoms with E-state index < -0.39 is 25.1 Å². The zero-order chi connectivity index (χ0) is 26.6. The zero-order valence-corrected chi connectivity index (χ0v) is 21.8. The average molecular weight is 519 g/mol. The van der Waals surface area contributed by atoms with Gasteiger partial charge in [-0.05, 0) is 80.1 Å². The highest BCUT2D eigenvalue weighted by Gasteiger charge is 2.44. The Morgan fingerprint density at radius 3 is 2.73 bits per heavy atom. The van der Waals surface area contributed by atoms with Crippen LogP contribution in [0.2, 0.25) is 0 Å². The van der Waals surface area contributed by atoms with Crippen molar-refractivity contribution in [2.24, 2.45) is 0 Å². The Bertz CT molecular complexity index is 1110. The van der Waals surface area contributed by atoms with Gasteiger partial charge in [0.15, 0.2) is 0 Å². The summed E-state index contributed by atoms with van der Waals surface area (Å²) in [6.45, 7) is 2.75. The normalized spacial score (nSPS) is 20.5. The lowest BCUT2D eigenvalue weighted by Crippen LogP contribution is -2.48. The van der Waals surface area contributed by atoms with E-state index in [4.69, 9.17) is 9.47 Å². The maximum absolute atomic E-state index is 14.6. The smallest absolute Gasteiger partial charge is 0.283 e. The molecule has 0 radical (unpaired) electrons. The molecule has 8 heteroatoms. The summed E-state index contributed by atoms with van der Waals surface area (Å²) in [5.74, 6) is -2.03. The number of benzene rings is 2. The molecule has 2 aliphatic rings. The molecular formula is C29H37F3N2O3. The number of rotatable bonds is 12. The van der Waals surface area contributed by atoms with Crippen molar-refractivity contribution in [2.45, 2.75) is 57.2 Å². The molecule has 0 bridgehead atoms. The van der Waals surface area contributed by atoms with Gasteiger partial charge < -0.3 is 19.9 Å². The van der Waals surface area contributed by atoms with Crippen molar-refractivity contribution < 1.29 is 27.8 Å². The van der Waals surface area contributed by atoms with Gasteiger partial charge in [-0.15, -0.1) is 0 Å². The van der Waals surface area contributed by atoms with Crippen molar-refractivity contribution in [1.82, 2.24) is 10.2 Å². The SMILES string of the molecule is COc1ccc(OC[C@@H](C)NCCCF)cc1[C@@H]1C2=C(C[C@@H](C)N1CC(F)(F)CO)c1ccccc1C2. The number of nitrogens with one attached hydrogen (secondary N) is 1. The zero-order valence-electron chi connectivity index (χ0n) is 21.8. The van der Waals surface area contributed by atoms with Crippen LogP contribution < -0.4 is 14.8 Å². The molecule has 2 aromatic rings. The molecule has 0 unspecified atom stereocenters. The van der Waals surface area contributed by atoms with E-state index in [2.05, 4.69) is 17.4 Å². The number of aliphatic hydroxyl groups excluding tert-OH is 1. The van der Waals surface area contributed by atoms with Crippen molar-refractivity contribution in [2.75, 3.05) is 40.1 Å². The molecule has 0 saturated carbocycles. The molecular weight excluding hydrogens is 481 g/mol. The van der Waals surface area contributed by atoms with E-state index in [1.165, 1.54) is 16.7 Å². The first-order valence-electron chi connectivity index (χ1n) is 12.9. The van der Waals surface area contributed by atoms with Gasteiger partial charge in [-0.2, -0.15) is 0 Å². The second-order valence-corrected chi connectivity index (χ2v) is 10.1. The van der Waals surface area contributed by atoms with Crippen LogP contribution in [0, 0.1) is 0 Å². The maximum atomic E-state index is 14.6. The molecule has 1 aliphatic carbocycles. The molecule has 5 nitrogen and oxygen atoms in total. The molecule has 0 fully saturated rings. The maximum Gasteiger partial charge on any atom is 0.283 e. The summed E-state index contributed by atoms with van der Waals surface area (Å²) < 4.78 is 53.4. The fraction of sp³-hybridized carbons (Fsp3) is 0.517. The average Bonchev–Trinajstić information content (AvgIpc) is 3.25. The summed E-state index contributed by atoms with van der Waals surface area (Å²) in [6.07, 6.45) is 1.78. The van der Waals surface area contributed by atoms with Gasteiger partial charge >= 0.3 is 0 Å². The molecule has 0 spiro atoms. The van der Waals surface area contributed by atoms with Gasteiger partial charge in [-0.1, -0.05) is 24.3 Å². The first kappa shape index (κ1) is 27.5. The van der Waals surface area contributed by atoms with Crippen LogP contribution in [0.1, 0.15) is 49.4 Å². The fourth-order valence-electron chi connectivity index (χ4n) is 5.47. The van der Waals surface area contributed by atoms with Crippen LogP contribution >= 0.6 is 0 Å². The highest BCUT2D eigenvalue weighted by molar-refractivity contribution is 5.79. The molecule has 2 N–H and O–H groups in total. The lowest BCUT2D eigenvalue weighted by atomic mass is 9.84. The number of aliphatic hydroxyl groups is 1. The third-order valence-electron chi connectivity index (χ3n) is 7.28. The lowest BCUT2D eigenvalue weighted by Gasteiger charge is -2.43. The quantitative estimate of drug-likeness (QED) is 0.379. The largest absolute Gasteiger partial charge is 0.496 e. The van der Waals surface area contributed by atoms with Gasteiger partial charge in [0.2, 0.25) is 0 Å². The first-order chi connectivity index (χ1) is 17.8. The van der Waals surface area contributed by atoms with E-state index >= 15 is 0 Å². The summed E-state index contributed by atoms with van der Waals surface area (Å²) >= 11 is 0. The Morgan fingerprint density at radius 1 is 1.22 bits per heavy atom. The minimum absolute atomic E-state index is 0.0187. The summed E-state index contributed by atoms with van der Waals surface area (Å²) in [4.78, 5) is 1.80. The molecule has 0 aromatic heterocycles. The fourth-order valence-corrected chi connectivity index (χ4v) is 5.47. The van der Waals surface area contributed by atoms with Crippen LogP contribution in [0.3, 0.4) is 0 Å². The number of nitrogens with zero attached hydrogens (tertiary/aromatic N) is 1. The Hall–Kier alpha value is -2.55. The topological polar surface area (TPSA) is 54.0 Å². The second-order valence-electron chi connectivity index (χ2n) is 10.1. The Kier molecular flexibility index (Phi) is 8.82. The molecule has 202 valence electrons. The predicted molar refractivity (Wildman–Crippen MR) is 139 cm³/mol. The van der Waals surface area contributed by atoms with Crippen molar-refractivity contribution in [1.29, 1.82) is 0 Å². The van der Waals surface area contributed by atoms with Gasteiger partial charge in [0.05, 0.1) is 26.4 Å². The minimum Gasteiger partial charge on any atom is -0.496 e. The van der Waals surface area contributed by atoms with Crippen LogP contribution in [0.4, 0.5) is 13.2 Å². The van der Waals surface area contributed by atoms with Crippen LogP contribution in [-0.4, -0.2) is 68.1 Å². The number of halogens is 3. The van der Waals surface area contributed by atoms with Crippen LogP contribution in [0.15, 0.2) is 48.0 Å². The van der Waals surface area contributed by atoms with Gasteiger partial charge in [0, 0.05) is 17.6 Å². The van der Waals surface area contributed by atoms with Crippen LogP contribution in [0.5, 0.6) is 11.5 Å². The molecule has 0 amide bonds. The van der Waals surface area contributed by atoms with E-state index in [1.54, 1.807) is 12.0 Å². The van der Waals surface area contributed by atoms with Crippen LogP contribution in [0.25, 0.3) is 5.57 Å². The first-order valence-corrected chi connectivity index (χ1v) is 12.9. The number of alkyl halides is 3. The molecule has 0 saturated heterocycles. The van der Waals surface area contributed by atoms with Gasteiger partial charge in [-0.25, -0.2) is 8.78 Å². The Labute approximate surface area is 217 Å². The minimum atomic E-state index is -3.24. The van der Waals surface area contributed by atoms with Crippen molar-refractivity contribution in [3.63, 3.8) is 0 Å². The standard InChI is InChI=1S/C29H37F3N2O3/c1-19(33-12-6-11-30)16-37-22-9-10-27(36-3)26(15-22)28-25-14-21-7-4-5-8-23(21)24(25)13-20(2)34(28)17-29(31,32)18-35/h4-5,7-10,15,19-20,28,33,35H,6,11-14,16-18H2,1-3H3/t19-,20-,28+/m1/s1. The number of methoxy groups -OCH3 is 1. The Balaban J connectivity index is 1.70. The highest BCUT2D eigenvalue weighted by Crippen LogP contribution is 2.51. The highest BCUT2D eigenvalue weighted by atomic mass is 19.3. The van der Waals surface area contributed by atoms with Crippen LogP contribution in [-0.2, 0) is 6.42 Å². The third-order valence-corrected chi connectivity index (χ3v) is 7.28. The van der Waals surface area contributed by atoms with E-state index in [-0.39, 0.29) is 18.8 Å². The Morgan fingerprint density at radius 2 is 2.00 bits per heavy atom. The number of hydrogen-bond donors (Lipinski definition) is 2. The van der Waals surface area contributed by atoms with Gasteiger partial charge in [0.25, 0.3) is 5.92 Å². The summed E-state index contributed by atoms with van der Waals surface area (Å²) in [5, 5.41) is 12.6. The number of ether oxygens (including phenoxy) is 2. The van der Waals surface area contributed by atoms with Crippen molar-refractivity contribution >= 4 is 5.57 Å². The number of fused-ring (bicyclic) bond motifs is 2. The third kappa shape index (κ3) is 6.13. The molecule has 1 heterocycles. The molecule has 3 atom stereocenters. The predicted octanol–water partition coefficient (Wildman–Crippen LogP) is 5.18. The summed E-state index contributed by atoms with van der Waals surface area (Å²) in [7, 11) is 1.58. The van der Waals surface area contributed by atoms with Crippen molar-refractivity contribution in [3.8, 4) is 11.5 Å². The summed E-state index contributed by atoms with van der Waals surface area (Å²) in [5.41, 5.74) is 5.43. The second kappa shape index (κ2) is 11.9. The van der Waals surface area contributed by atoms with E-state index in [9.17, 15) is 18.3 Å². The molecule has 1 aliphatic heterocycles. The monoisotopic (exact) mass is 518 g/mol. The summed E-state index contributed by atoms with van der Waals surface area (Å²) in [6, 6.07) is 13.1. The molecule has 4 rings (SSSR count). The lowest BCUT2D eigenvalue weighted by molar-refractivity contribution is -0.0858. The van der Waals surface area contributed by atoms with Gasteiger partial charge in [-0.3, -0.25) is 9.29 Å². The number of hydrogen-bond acceptors (Lipinski definition) is 5. The molecule has 37 heavy (non-hydrogen) atoms. The van der Waals surface area contributed by atoms with E-state index in [1.807, 2.05) is 44.2 Å². The van der Waals surface area contributed by atoms with Crippen molar-refractivity contribution in [3.05, 3.63) is 64.7 Å². The van der Waals surface area contributed by atoms with E-state index in [0.29, 0.717) is 43.9 Å². The van der Waals surface area contributed by atoms with E-state index in [0.717, 1.165) is 11.1 Å².